The first-order chi connectivity index (χ1) is 28.1. The molecule has 0 aliphatic heterocycles. The SMILES string of the molecule is C=C/C=C(\C=C/C)n1c(C=C)c(C=C)c2cc(-c3ccc4oc5nc(-c6cccc(-c7ccccc7)c6)c(-c6cccc(-c7ccccc7)c6)nc5c4c3)ccc21. The first-order valence-corrected chi connectivity index (χ1v) is 19.0. The number of hydrogen-bond donors (Lipinski definition) is 0. The summed E-state index contributed by atoms with van der Waals surface area (Å²) in [6.45, 7) is 14.3. The quantitative estimate of drug-likeness (QED) is 0.131. The summed E-state index contributed by atoms with van der Waals surface area (Å²) in [5.41, 5.74) is 16.1. The van der Waals surface area contributed by atoms with Crippen LogP contribution in [0.15, 0.2) is 194 Å². The third-order valence-electron chi connectivity index (χ3n) is 10.5. The van der Waals surface area contributed by atoms with E-state index < -0.39 is 0 Å². The molecule has 57 heavy (non-hydrogen) atoms. The van der Waals surface area contributed by atoms with E-state index in [-0.39, 0.29) is 0 Å². The van der Waals surface area contributed by atoms with Gasteiger partial charge in [-0.25, -0.2) is 9.97 Å². The molecule has 0 aliphatic carbocycles. The second-order valence-corrected chi connectivity index (χ2v) is 13.9. The minimum Gasteiger partial charge on any atom is -0.436 e. The highest BCUT2D eigenvalue weighted by atomic mass is 16.3. The maximum Gasteiger partial charge on any atom is 0.246 e. The molecule has 0 N–H and O–H groups in total. The van der Waals surface area contributed by atoms with E-state index in [1.807, 2.05) is 49.4 Å². The third kappa shape index (κ3) is 6.33. The second-order valence-electron chi connectivity index (χ2n) is 13.9. The molecule has 272 valence electrons. The Morgan fingerprint density at radius 2 is 1.12 bits per heavy atom. The topological polar surface area (TPSA) is 43.9 Å². The van der Waals surface area contributed by atoms with E-state index in [2.05, 4.69) is 158 Å². The van der Waals surface area contributed by atoms with Crippen molar-refractivity contribution in [1.82, 2.24) is 14.5 Å². The summed E-state index contributed by atoms with van der Waals surface area (Å²) in [6, 6.07) is 50.7. The highest BCUT2D eigenvalue weighted by Gasteiger charge is 2.21. The van der Waals surface area contributed by atoms with Crippen LogP contribution in [0.2, 0.25) is 0 Å². The number of furan rings is 1. The maximum atomic E-state index is 6.49. The van der Waals surface area contributed by atoms with E-state index >= 15 is 0 Å². The Kier molecular flexibility index (Phi) is 9.21. The molecule has 0 bridgehead atoms. The van der Waals surface area contributed by atoms with Gasteiger partial charge in [-0.2, -0.15) is 0 Å². The van der Waals surface area contributed by atoms with Crippen molar-refractivity contribution in [2.45, 2.75) is 6.92 Å². The zero-order valence-corrected chi connectivity index (χ0v) is 31.7. The number of fused-ring (bicyclic) bond motifs is 4. The van der Waals surface area contributed by atoms with Crippen LogP contribution >= 0.6 is 0 Å². The van der Waals surface area contributed by atoms with Crippen molar-refractivity contribution < 1.29 is 4.42 Å². The number of aromatic nitrogens is 3. The average molecular weight is 734 g/mol. The minimum atomic E-state index is 0.493. The van der Waals surface area contributed by atoms with Gasteiger partial charge in [0.25, 0.3) is 0 Å². The van der Waals surface area contributed by atoms with Crippen molar-refractivity contribution >= 4 is 51.0 Å². The van der Waals surface area contributed by atoms with Crippen molar-refractivity contribution in [2.24, 2.45) is 0 Å². The van der Waals surface area contributed by atoms with Crippen LogP contribution in [0.25, 0.3) is 107 Å². The van der Waals surface area contributed by atoms with Gasteiger partial charge in [0.1, 0.15) is 16.8 Å². The van der Waals surface area contributed by atoms with E-state index in [4.69, 9.17) is 14.4 Å². The molecule has 0 spiro atoms. The van der Waals surface area contributed by atoms with Gasteiger partial charge >= 0.3 is 0 Å². The van der Waals surface area contributed by atoms with Gasteiger partial charge in [0.2, 0.25) is 5.71 Å². The minimum absolute atomic E-state index is 0.493. The lowest BCUT2D eigenvalue weighted by Gasteiger charge is -2.12. The van der Waals surface area contributed by atoms with Crippen molar-refractivity contribution in [1.29, 1.82) is 0 Å². The Hall–Kier alpha value is -7.56. The second kappa shape index (κ2) is 14.9. The van der Waals surface area contributed by atoms with Gasteiger partial charge in [-0.3, -0.25) is 0 Å². The van der Waals surface area contributed by atoms with Gasteiger partial charge in [0.15, 0.2) is 0 Å². The Balaban J connectivity index is 1.23. The lowest BCUT2D eigenvalue weighted by atomic mass is 9.97. The standard InChI is InChI=1S/C53H39N3O/c1-5-17-43(18-6-2)56-47(8-4)44(7-3)45-33-39(27-29-48(45)56)40-28-30-49-46(34-40)52-53(57-49)55-51(42-26-16-24-38(32-42)36-21-13-10-14-22-36)50(54-52)41-25-15-23-37(31-41)35-19-11-9-12-20-35/h5-34H,1,3-4H2,2H3/b18-6-,43-17+. The summed E-state index contributed by atoms with van der Waals surface area (Å²) in [4.78, 5) is 10.7. The Morgan fingerprint density at radius 3 is 1.72 bits per heavy atom. The van der Waals surface area contributed by atoms with Gasteiger partial charge in [-0.15, -0.1) is 0 Å². The van der Waals surface area contributed by atoms with Gasteiger partial charge in [0.05, 0.1) is 16.9 Å². The summed E-state index contributed by atoms with van der Waals surface area (Å²) in [5, 5.41) is 1.98. The number of nitrogens with zero attached hydrogens (tertiary/aromatic N) is 3. The van der Waals surface area contributed by atoms with Crippen LogP contribution in [-0.4, -0.2) is 14.5 Å². The molecular weight excluding hydrogens is 695 g/mol. The lowest BCUT2D eigenvalue weighted by Crippen LogP contribution is -1.97. The number of hydrogen-bond acceptors (Lipinski definition) is 3. The van der Waals surface area contributed by atoms with Crippen molar-refractivity contribution in [3.8, 4) is 55.9 Å². The summed E-state index contributed by atoms with van der Waals surface area (Å²) in [5.74, 6) is 0. The predicted molar refractivity (Wildman–Crippen MR) is 241 cm³/mol. The van der Waals surface area contributed by atoms with E-state index in [0.29, 0.717) is 11.2 Å². The summed E-state index contributed by atoms with van der Waals surface area (Å²) < 4.78 is 8.70. The molecule has 0 saturated heterocycles. The van der Waals surface area contributed by atoms with E-state index in [1.54, 1.807) is 6.08 Å². The van der Waals surface area contributed by atoms with Crippen LogP contribution < -0.4 is 0 Å². The molecule has 9 rings (SSSR count). The highest BCUT2D eigenvalue weighted by Crippen LogP contribution is 2.40. The summed E-state index contributed by atoms with van der Waals surface area (Å²) in [7, 11) is 0. The molecule has 4 nitrogen and oxygen atoms in total. The number of allylic oxidation sites excluding steroid dienone is 5. The number of benzene rings is 6. The Labute approximate surface area is 332 Å². The molecule has 0 unspecified atom stereocenters. The van der Waals surface area contributed by atoms with Gasteiger partial charge < -0.3 is 8.98 Å². The first kappa shape index (κ1) is 35.2. The largest absolute Gasteiger partial charge is 0.436 e. The molecule has 3 aromatic heterocycles. The molecule has 6 aromatic carbocycles. The van der Waals surface area contributed by atoms with Gasteiger partial charge in [-0.05, 0) is 94.9 Å². The zero-order chi connectivity index (χ0) is 38.9. The monoisotopic (exact) mass is 733 g/mol. The van der Waals surface area contributed by atoms with Crippen LogP contribution in [-0.2, 0) is 0 Å². The summed E-state index contributed by atoms with van der Waals surface area (Å²) in [6.07, 6.45) is 11.7. The molecule has 9 aromatic rings. The molecule has 0 aliphatic rings. The molecule has 4 heteroatoms. The predicted octanol–water partition coefficient (Wildman–Crippen LogP) is 14.6. The summed E-state index contributed by atoms with van der Waals surface area (Å²) >= 11 is 0. The van der Waals surface area contributed by atoms with Gasteiger partial charge in [-0.1, -0.05) is 147 Å². The average Bonchev–Trinajstić information content (AvgIpc) is 3.80. The van der Waals surface area contributed by atoms with E-state index in [9.17, 15) is 0 Å². The Bertz CT molecular complexity index is 3070. The van der Waals surface area contributed by atoms with Gasteiger partial charge in [0, 0.05) is 33.2 Å². The molecule has 0 radical (unpaired) electrons. The molecule has 0 amide bonds. The van der Waals surface area contributed by atoms with Crippen LogP contribution in [0.5, 0.6) is 0 Å². The third-order valence-corrected chi connectivity index (χ3v) is 10.5. The lowest BCUT2D eigenvalue weighted by molar-refractivity contribution is 0.653. The van der Waals surface area contributed by atoms with Crippen molar-refractivity contribution in [2.75, 3.05) is 0 Å². The van der Waals surface area contributed by atoms with E-state index in [0.717, 1.165) is 94.7 Å². The maximum absolute atomic E-state index is 6.49. The number of rotatable bonds is 10. The fraction of sp³-hybridized carbons (Fsp3) is 0.0189. The normalized spacial score (nSPS) is 11.8. The molecule has 3 heterocycles. The highest BCUT2D eigenvalue weighted by molar-refractivity contribution is 6.05. The fourth-order valence-corrected chi connectivity index (χ4v) is 7.81. The van der Waals surface area contributed by atoms with E-state index in [1.165, 1.54) is 0 Å². The van der Waals surface area contributed by atoms with Crippen molar-refractivity contribution in [3.05, 3.63) is 201 Å². The van der Waals surface area contributed by atoms with Crippen LogP contribution in [0.3, 0.4) is 0 Å². The van der Waals surface area contributed by atoms with Crippen LogP contribution in [0, 0.1) is 0 Å². The van der Waals surface area contributed by atoms with Crippen LogP contribution in [0.1, 0.15) is 18.2 Å². The molecule has 0 atom stereocenters. The smallest absolute Gasteiger partial charge is 0.246 e. The molecule has 0 fully saturated rings. The fourth-order valence-electron chi connectivity index (χ4n) is 7.81. The molecule has 0 saturated carbocycles. The van der Waals surface area contributed by atoms with Crippen LogP contribution in [0.4, 0.5) is 0 Å². The molecular formula is C53H39N3O. The Morgan fingerprint density at radius 1 is 0.561 bits per heavy atom. The first-order valence-electron chi connectivity index (χ1n) is 19.0. The zero-order valence-electron chi connectivity index (χ0n) is 31.7. The van der Waals surface area contributed by atoms with Crippen molar-refractivity contribution in [3.63, 3.8) is 0 Å².